The molecule has 0 aliphatic rings. The molecule has 3 nitrogen and oxygen atoms in total. The van der Waals surface area contributed by atoms with Gasteiger partial charge in [0.25, 0.3) is 0 Å². The van der Waals surface area contributed by atoms with Gasteiger partial charge in [-0.25, -0.2) is 9.18 Å². The summed E-state index contributed by atoms with van der Waals surface area (Å²) >= 11 is 5.84. The second-order valence-electron chi connectivity index (χ2n) is 3.52. The van der Waals surface area contributed by atoms with E-state index in [0.717, 1.165) is 6.07 Å². The van der Waals surface area contributed by atoms with E-state index in [2.05, 4.69) is 0 Å². The summed E-state index contributed by atoms with van der Waals surface area (Å²) in [7, 11) is 0. The smallest absolute Gasteiger partial charge is 0.342 e. The number of esters is 1. The van der Waals surface area contributed by atoms with Gasteiger partial charge in [-0.3, -0.25) is 0 Å². The molecule has 0 fully saturated rings. The van der Waals surface area contributed by atoms with Crippen LogP contribution in [0.25, 0.3) is 11.0 Å². The van der Waals surface area contributed by atoms with Crippen molar-refractivity contribution in [2.45, 2.75) is 13.8 Å². The molecule has 0 atom stereocenters. The molecule has 0 amide bonds. The van der Waals surface area contributed by atoms with Crippen LogP contribution in [0.1, 0.15) is 23.0 Å². The first-order valence-corrected chi connectivity index (χ1v) is 5.47. The minimum Gasteiger partial charge on any atom is -0.462 e. The third kappa shape index (κ3) is 2.00. The number of hydrogen-bond acceptors (Lipinski definition) is 3. The third-order valence-corrected chi connectivity index (χ3v) is 2.65. The van der Waals surface area contributed by atoms with Crippen LogP contribution < -0.4 is 0 Å². The van der Waals surface area contributed by atoms with Gasteiger partial charge in [0.2, 0.25) is 0 Å². The summed E-state index contributed by atoms with van der Waals surface area (Å²) in [6.45, 7) is 3.55. The molecule has 1 heterocycles. The first-order valence-electron chi connectivity index (χ1n) is 5.09. The molecule has 0 N–H and O–H groups in total. The number of carbonyl (C=O) groups excluding carboxylic acids is 1. The fourth-order valence-corrected chi connectivity index (χ4v) is 1.95. The Kier molecular flexibility index (Phi) is 3.07. The molecular weight excluding hydrogens is 247 g/mol. The minimum absolute atomic E-state index is 0.138. The molecule has 0 bridgehead atoms. The number of ether oxygens (including phenoxy) is 1. The van der Waals surface area contributed by atoms with Crippen molar-refractivity contribution in [3.8, 4) is 0 Å². The predicted octanol–water partition coefficient (Wildman–Crippen LogP) is 3.71. The van der Waals surface area contributed by atoms with E-state index in [1.54, 1.807) is 13.8 Å². The second-order valence-corrected chi connectivity index (χ2v) is 3.93. The van der Waals surface area contributed by atoms with Crippen molar-refractivity contribution in [3.63, 3.8) is 0 Å². The van der Waals surface area contributed by atoms with Crippen LogP contribution in [0.3, 0.4) is 0 Å². The highest BCUT2D eigenvalue weighted by Crippen LogP contribution is 2.32. The molecule has 1 aromatic heterocycles. The minimum atomic E-state index is -0.537. The maximum Gasteiger partial charge on any atom is 0.342 e. The Hall–Kier alpha value is -1.55. The Morgan fingerprint density at radius 3 is 2.88 bits per heavy atom. The van der Waals surface area contributed by atoms with Crippen LogP contribution in [-0.2, 0) is 4.74 Å². The van der Waals surface area contributed by atoms with E-state index >= 15 is 0 Å². The number of halogens is 2. The standard InChI is InChI=1S/C12H10ClFO3/c1-3-16-12(15)10-6(2)17-11-8(10)4-7(14)5-9(11)13/h4-5H,3H2,1-2H3. The van der Waals surface area contributed by atoms with Crippen LogP contribution >= 0.6 is 11.6 Å². The zero-order chi connectivity index (χ0) is 12.6. The summed E-state index contributed by atoms with van der Waals surface area (Å²) in [5.74, 6) is -0.690. The van der Waals surface area contributed by atoms with Crippen molar-refractivity contribution in [2.75, 3.05) is 6.61 Å². The monoisotopic (exact) mass is 256 g/mol. The number of fused-ring (bicyclic) bond motifs is 1. The highest BCUT2D eigenvalue weighted by atomic mass is 35.5. The predicted molar refractivity (Wildman–Crippen MR) is 61.9 cm³/mol. The van der Waals surface area contributed by atoms with Gasteiger partial charge in [0.05, 0.1) is 11.6 Å². The van der Waals surface area contributed by atoms with E-state index in [-0.39, 0.29) is 17.2 Å². The number of hydrogen-bond donors (Lipinski definition) is 0. The lowest BCUT2D eigenvalue weighted by atomic mass is 10.1. The Bertz CT molecular complexity index is 589. The number of furan rings is 1. The Morgan fingerprint density at radius 1 is 1.53 bits per heavy atom. The van der Waals surface area contributed by atoms with E-state index in [9.17, 15) is 9.18 Å². The zero-order valence-corrected chi connectivity index (χ0v) is 10.1. The van der Waals surface area contributed by atoms with Gasteiger partial charge in [-0.15, -0.1) is 0 Å². The summed E-state index contributed by atoms with van der Waals surface area (Å²) in [5.41, 5.74) is 0.525. The molecular formula is C12H10ClFO3. The summed E-state index contributed by atoms with van der Waals surface area (Å²) in [6, 6.07) is 2.35. The van der Waals surface area contributed by atoms with E-state index in [4.69, 9.17) is 20.8 Å². The van der Waals surface area contributed by atoms with Gasteiger partial charge >= 0.3 is 5.97 Å². The molecule has 1 aromatic carbocycles. The summed E-state index contributed by atoms with van der Waals surface area (Å²) in [5, 5.41) is 0.476. The van der Waals surface area contributed by atoms with E-state index in [1.165, 1.54) is 6.07 Å². The molecule has 90 valence electrons. The van der Waals surface area contributed by atoms with Gasteiger partial charge < -0.3 is 9.15 Å². The van der Waals surface area contributed by atoms with Crippen molar-refractivity contribution in [2.24, 2.45) is 0 Å². The van der Waals surface area contributed by atoms with Crippen LogP contribution in [0, 0.1) is 12.7 Å². The molecule has 2 aromatic rings. The van der Waals surface area contributed by atoms with Gasteiger partial charge in [0, 0.05) is 5.39 Å². The lowest BCUT2D eigenvalue weighted by molar-refractivity contribution is 0.0526. The molecule has 0 radical (unpaired) electrons. The molecule has 0 saturated carbocycles. The average Bonchev–Trinajstić information content (AvgIpc) is 2.55. The number of carbonyl (C=O) groups is 1. The average molecular weight is 257 g/mol. The number of rotatable bonds is 2. The van der Waals surface area contributed by atoms with E-state index < -0.39 is 11.8 Å². The molecule has 17 heavy (non-hydrogen) atoms. The molecule has 0 saturated heterocycles. The van der Waals surface area contributed by atoms with Crippen molar-refractivity contribution in [1.82, 2.24) is 0 Å². The fourth-order valence-electron chi connectivity index (χ4n) is 1.70. The fraction of sp³-hybridized carbons (Fsp3) is 0.250. The third-order valence-electron chi connectivity index (χ3n) is 2.36. The molecule has 0 aliphatic carbocycles. The molecule has 5 heteroatoms. The van der Waals surface area contributed by atoms with Crippen LogP contribution in [-0.4, -0.2) is 12.6 Å². The maximum absolute atomic E-state index is 13.3. The second kappa shape index (κ2) is 4.37. The maximum atomic E-state index is 13.3. The normalized spacial score (nSPS) is 10.8. The quantitative estimate of drug-likeness (QED) is 0.769. The van der Waals surface area contributed by atoms with Crippen molar-refractivity contribution < 1.29 is 18.3 Å². The van der Waals surface area contributed by atoms with Crippen LogP contribution in [0.2, 0.25) is 5.02 Å². The first kappa shape index (κ1) is 11.9. The van der Waals surface area contributed by atoms with Gasteiger partial charge in [0.15, 0.2) is 5.58 Å². The lowest BCUT2D eigenvalue weighted by Gasteiger charge is -2.00. The van der Waals surface area contributed by atoms with Gasteiger partial charge in [-0.1, -0.05) is 11.6 Å². The van der Waals surface area contributed by atoms with E-state index in [0.29, 0.717) is 16.7 Å². The lowest BCUT2D eigenvalue weighted by Crippen LogP contribution is -2.05. The number of aryl methyl sites for hydroxylation is 1. The molecule has 0 aliphatic heterocycles. The van der Waals surface area contributed by atoms with Crippen LogP contribution in [0.15, 0.2) is 16.5 Å². The first-order chi connectivity index (χ1) is 8.04. The Balaban J connectivity index is 2.70. The number of benzene rings is 1. The summed E-state index contributed by atoms with van der Waals surface area (Å²) < 4.78 is 23.5. The summed E-state index contributed by atoms with van der Waals surface area (Å²) in [6.07, 6.45) is 0. The molecule has 0 spiro atoms. The van der Waals surface area contributed by atoms with Crippen LogP contribution in [0.4, 0.5) is 4.39 Å². The van der Waals surface area contributed by atoms with Crippen molar-refractivity contribution in [1.29, 1.82) is 0 Å². The Morgan fingerprint density at radius 2 is 2.24 bits per heavy atom. The van der Waals surface area contributed by atoms with Gasteiger partial charge in [-0.2, -0.15) is 0 Å². The van der Waals surface area contributed by atoms with E-state index in [1.807, 2.05) is 0 Å². The van der Waals surface area contributed by atoms with Crippen LogP contribution in [0.5, 0.6) is 0 Å². The SMILES string of the molecule is CCOC(=O)c1c(C)oc2c(Cl)cc(F)cc12. The molecule has 0 unspecified atom stereocenters. The summed E-state index contributed by atoms with van der Waals surface area (Å²) in [4.78, 5) is 11.7. The zero-order valence-electron chi connectivity index (χ0n) is 9.34. The topological polar surface area (TPSA) is 39.4 Å². The van der Waals surface area contributed by atoms with Gasteiger partial charge in [-0.05, 0) is 26.0 Å². The Labute approximate surface area is 102 Å². The largest absolute Gasteiger partial charge is 0.462 e. The molecule has 2 rings (SSSR count). The highest BCUT2D eigenvalue weighted by molar-refractivity contribution is 6.35. The van der Waals surface area contributed by atoms with Crippen molar-refractivity contribution in [3.05, 3.63) is 34.3 Å². The van der Waals surface area contributed by atoms with Gasteiger partial charge in [0.1, 0.15) is 17.1 Å². The van der Waals surface area contributed by atoms with Crippen molar-refractivity contribution >= 4 is 28.5 Å². The highest BCUT2D eigenvalue weighted by Gasteiger charge is 2.21.